The second-order valence-electron chi connectivity index (χ2n) is 4.73. The minimum atomic E-state index is -0.452. The van der Waals surface area contributed by atoms with Gasteiger partial charge in [-0.05, 0) is 31.1 Å². The van der Waals surface area contributed by atoms with Crippen molar-refractivity contribution in [1.82, 2.24) is 0 Å². The molecular formula is C16H16O3. The Kier molecular flexibility index (Phi) is 3.65. The molecule has 0 amide bonds. The molecule has 3 nitrogen and oxygen atoms in total. The Morgan fingerprint density at radius 2 is 1.95 bits per heavy atom. The number of hydrogen-bond acceptors (Lipinski definition) is 3. The Balaban J connectivity index is 2.37. The molecule has 1 aliphatic heterocycles. The zero-order chi connectivity index (χ0) is 14.0. The quantitative estimate of drug-likeness (QED) is 0.614. The predicted octanol–water partition coefficient (Wildman–Crippen LogP) is 2.71. The molecule has 0 bridgehead atoms. The average molecular weight is 256 g/mol. The van der Waals surface area contributed by atoms with Crippen molar-refractivity contribution in [2.45, 2.75) is 25.9 Å². The maximum Gasteiger partial charge on any atom is 0.331 e. The second kappa shape index (κ2) is 5.22. The van der Waals surface area contributed by atoms with E-state index >= 15 is 0 Å². The van der Waals surface area contributed by atoms with Crippen molar-refractivity contribution >= 4 is 11.8 Å². The van der Waals surface area contributed by atoms with Crippen LogP contribution in [0.2, 0.25) is 0 Å². The maximum absolute atomic E-state index is 11.6. The maximum atomic E-state index is 11.6. The fraction of sp³-hybridized carbons (Fsp3) is 0.250. The van der Waals surface area contributed by atoms with Crippen LogP contribution in [0, 0.1) is 6.92 Å². The monoisotopic (exact) mass is 256 g/mol. The van der Waals surface area contributed by atoms with Gasteiger partial charge in [-0.1, -0.05) is 36.4 Å². The Morgan fingerprint density at radius 1 is 1.32 bits per heavy atom. The third-order valence-electron chi connectivity index (χ3n) is 3.27. The number of benzene rings is 1. The molecule has 1 heterocycles. The van der Waals surface area contributed by atoms with Gasteiger partial charge in [0, 0.05) is 6.08 Å². The van der Waals surface area contributed by atoms with Gasteiger partial charge < -0.3 is 4.74 Å². The van der Waals surface area contributed by atoms with Crippen LogP contribution in [0.3, 0.4) is 0 Å². The molecule has 2 rings (SSSR count). The van der Waals surface area contributed by atoms with Crippen molar-refractivity contribution in [1.29, 1.82) is 0 Å². The van der Waals surface area contributed by atoms with Gasteiger partial charge >= 0.3 is 5.97 Å². The van der Waals surface area contributed by atoms with E-state index in [1.165, 1.54) is 13.0 Å². The summed E-state index contributed by atoms with van der Waals surface area (Å²) in [5, 5.41) is 0. The summed E-state index contributed by atoms with van der Waals surface area (Å²) in [6.45, 7) is 7.32. The lowest BCUT2D eigenvalue weighted by molar-refractivity contribution is -0.139. The molecule has 0 N–H and O–H groups in total. The molecule has 1 aromatic carbocycles. The first-order valence-electron chi connectivity index (χ1n) is 6.14. The second-order valence-corrected chi connectivity index (χ2v) is 4.73. The molecule has 1 aromatic rings. The first-order chi connectivity index (χ1) is 8.99. The first kappa shape index (κ1) is 13.3. The molecule has 3 heteroatoms. The topological polar surface area (TPSA) is 43.4 Å². The highest BCUT2D eigenvalue weighted by Crippen LogP contribution is 2.32. The summed E-state index contributed by atoms with van der Waals surface area (Å²) >= 11 is 0. The van der Waals surface area contributed by atoms with Gasteiger partial charge in [0.25, 0.3) is 0 Å². The molecule has 2 atom stereocenters. The lowest BCUT2D eigenvalue weighted by Crippen LogP contribution is -2.23. The number of Topliss-reactive ketones (excluding diaryl/α,β-unsaturated/α-hetero) is 1. The molecule has 98 valence electrons. The molecule has 0 saturated heterocycles. The minimum absolute atomic E-state index is 0.0954. The largest absolute Gasteiger partial charge is 0.454 e. The predicted molar refractivity (Wildman–Crippen MR) is 72.8 cm³/mol. The van der Waals surface area contributed by atoms with Crippen molar-refractivity contribution in [3.05, 3.63) is 59.7 Å². The van der Waals surface area contributed by atoms with Crippen LogP contribution in [-0.4, -0.2) is 17.9 Å². The van der Waals surface area contributed by atoms with Gasteiger partial charge in [0.15, 0.2) is 5.78 Å². The fourth-order valence-corrected chi connectivity index (χ4v) is 2.15. The van der Waals surface area contributed by atoms with E-state index in [9.17, 15) is 9.59 Å². The van der Waals surface area contributed by atoms with Crippen molar-refractivity contribution < 1.29 is 14.3 Å². The number of ketones is 1. The summed E-state index contributed by atoms with van der Waals surface area (Å²) in [6.07, 6.45) is 2.62. The molecule has 1 aliphatic rings. The highest BCUT2D eigenvalue weighted by Gasteiger charge is 2.31. The smallest absolute Gasteiger partial charge is 0.331 e. The Hall–Kier alpha value is -2.16. The number of cyclic esters (lactones) is 1. The molecule has 0 radical (unpaired) electrons. The van der Waals surface area contributed by atoms with Gasteiger partial charge in [-0.2, -0.15) is 0 Å². The third-order valence-corrected chi connectivity index (χ3v) is 3.27. The van der Waals surface area contributed by atoms with E-state index in [0.29, 0.717) is 5.57 Å². The number of rotatable bonds is 4. The van der Waals surface area contributed by atoms with Crippen molar-refractivity contribution in [3.8, 4) is 0 Å². The van der Waals surface area contributed by atoms with Crippen molar-refractivity contribution in [2.24, 2.45) is 0 Å². The van der Waals surface area contributed by atoms with Crippen LogP contribution >= 0.6 is 0 Å². The molecule has 0 fully saturated rings. The van der Waals surface area contributed by atoms with Crippen molar-refractivity contribution in [3.63, 3.8) is 0 Å². The Bertz CT molecular complexity index is 552. The van der Waals surface area contributed by atoms with Gasteiger partial charge in [0.2, 0.25) is 0 Å². The van der Waals surface area contributed by atoms with E-state index in [4.69, 9.17) is 4.74 Å². The number of carbonyl (C=O) groups is 2. The number of aryl methyl sites for hydroxylation is 1. The molecule has 0 aliphatic carbocycles. The van der Waals surface area contributed by atoms with E-state index in [0.717, 1.165) is 11.1 Å². The van der Waals surface area contributed by atoms with Gasteiger partial charge in [-0.15, -0.1) is 0 Å². The van der Waals surface area contributed by atoms with E-state index in [2.05, 4.69) is 6.58 Å². The van der Waals surface area contributed by atoms with E-state index < -0.39 is 6.10 Å². The van der Waals surface area contributed by atoms with Crippen LogP contribution in [0.1, 0.15) is 24.0 Å². The summed E-state index contributed by atoms with van der Waals surface area (Å²) < 4.78 is 5.22. The molecule has 0 saturated carbocycles. The van der Waals surface area contributed by atoms with Gasteiger partial charge in [-0.25, -0.2) is 4.79 Å². The highest BCUT2D eigenvalue weighted by molar-refractivity contribution is 5.95. The number of hydrogen-bond donors (Lipinski definition) is 0. The molecule has 0 aromatic heterocycles. The number of ether oxygens (including phenoxy) is 1. The third kappa shape index (κ3) is 2.81. The Morgan fingerprint density at radius 3 is 2.42 bits per heavy atom. The summed E-state index contributed by atoms with van der Waals surface area (Å²) in [7, 11) is 0. The molecule has 0 spiro atoms. The van der Waals surface area contributed by atoms with Crippen LogP contribution in [-0.2, 0) is 14.3 Å². The zero-order valence-electron chi connectivity index (χ0n) is 11.1. The van der Waals surface area contributed by atoms with Crippen LogP contribution in [0.5, 0.6) is 0 Å². The zero-order valence-corrected chi connectivity index (χ0v) is 11.1. The first-order valence-corrected chi connectivity index (χ1v) is 6.14. The summed E-state index contributed by atoms with van der Waals surface area (Å²) in [4.78, 5) is 22.8. The standard InChI is InChI=1S/C16H16O3/c1-10-4-6-13(7-5-10)16(11(2)12(3)17)14-8-9-15(18)19-14/h4-9,14,16H,2H2,1,3H3/t14-,16-/m0/s1. The SMILES string of the molecule is C=C(C(C)=O)[C@@H](c1ccc(C)cc1)[C@@H]1C=CC(=O)O1. The van der Waals surface area contributed by atoms with Gasteiger partial charge in [-0.3, -0.25) is 4.79 Å². The fourth-order valence-electron chi connectivity index (χ4n) is 2.15. The van der Waals surface area contributed by atoms with Crippen LogP contribution in [0.4, 0.5) is 0 Å². The lowest BCUT2D eigenvalue weighted by atomic mass is 9.85. The van der Waals surface area contributed by atoms with Crippen molar-refractivity contribution in [2.75, 3.05) is 0 Å². The van der Waals surface area contributed by atoms with Crippen LogP contribution in [0.15, 0.2) is 48.6 Å². The van der Waals surface area contributed by atoms with E-state index in [1.807, 2.05) is 31.2 Å². The van der Waals surface area contributed by atoms with Gasteiger partial charge in [0.05, 0.1) is 5.92 Å². The van der Waals surface area contributed by atoms with Crippen LogP contribution < -0.4 is 0 Å². The Labute approximate surface area is 112 Å². The summed E-state index contributed by atoms with van der Waals surface area (Å²) in [6, 6.07) is 7.81. The van der Waals surface area contributed by atoms with Crippen LogP contribution in [0.25, 0.3) is 0 Å². The minimum Gasteiger partial charge on any atom is -0.454 e. The molecule has 0 unspecified atom stereocenters. The average Bonchev–Trinajstić information content (AvgIpc) is 2.78. The van der Waals surface area contributed by atoms with E-state index in [1.54, 1.807) is 6.08 Å². The highest BCUT2D eigenvalue weighted by atomic mass is 16.5. The molecule has 19 heavy (non-hydrogen) atoms. The van der Waals surface area contributed by atoms with Gasteiger partial charge in [0.1, 0.15) is 6.10 Å². The molecular weight excluding hydrogens is 240 g/mol. The summed E-state index contributed by atoms with van der Waals surface area (Å²) in [5.74, 6) is -0.791. The number of carbonyl (C=O) groups excluding carboxylic acids is 2. The normalized spacial score (nSPS) is 19.1. The van der Waals surface area contributed by atoms with E-state index in [-0.39, 0.29) is 17.7 Å². The lowest BCUT2D eigenvalue weighted by Gasteiger charge is -2.23. The summed E-state index contributed by atoms with van der Waals surface area (Å²) in [5.41, 5.74) is 2.51. The number of esters is 1.